The number of fused-ring (bicyclic) bond motifs is 1. The topological polar surface area (TPSA) is 90.3 Å². The molecule has 0 unspecified atom stereocenters. The van der Waals surface area contributed by atoms with Gasteiger partial charge in [0.15, 0.2) is 5.58 Å². The molecule has 0 aliphatic rings. The molecule has 6 heteroatoms. The minimum Gasteiger partial charge on any atom is -0.408 e. The van der Waals surface area contributed by atoms with Crippen molar-refractivity contribution in [1.82, 2.24) is 9.88 Å². The van der Waals surface area contributed by atoms with Gasteiger partial charge in [0.1, 0.15) is 0 Å². The third-order valence-electron chi connectivity index (χ3n) is 3.28. The summed E-state index contributed by atoms with van der Waals surface area (Å²) < 4.78 is 6.54. The van der Waals surface area contributed by atoms with Gasteiger partial charge in [-0.25, -0.2) is 9.59 Å². The number of oxazole rings is 1. The number of primary amides is 1. The van der Waals surface area contributed by atoms with Crippen molar-refractivity contribution >= 4 is 17.1 Å². The third kappa shape index (κ3) is 2.47. The van der Waals surface area contributed by atoms with E-state index in [9.17, 15) is 9.59 Å². The van der Waals surface area contributed by atoms with Gasteiger partial charge in [-0.2, -0.15) is 0 Å². The van der Waals surface area contributed by atoms with Gasteiger partial charge in [0.25, 0.3) is 0 Å². The van der Waals surface area contributed by atoms with E-state index in [2.05, 4.69) is 5.32 Å². The number of hydrogen-bond acceptors (Lipinski definition) is 3. The fraction of sp³-hybridized carbons (Fsp3) is 0.385. The first kappa shape index (κ1) is 13.2. The van der Waals surface area contributed by atoms with Gasteiger partial charge in [-0.1, -0.05) is 19.9 Å². The number of carbonyl (C=O) groups excluding carboxylic acids is 1. The minimum absolute atomic E-state index is 0.295. The van der Waals surface area contributed by atoms with Crippen molar-refractivity contribution in [3.63, 3.8) is 0 Å². The number of rotatable bonds is 3. The minimum atomic E-state index is -0.551. The summed E-state index contributed by atoms with van der Waals surface area (Å²) in [6.07, 6.45) is 0. The fourth-order valence-corrected chi connectivity index (χ4v) is 1.96. The van der Waals surface area contributed by atoms with Crippen LogP contribution in [0.25, 0.3) is 11.1 Å². The van der Waals surface area contributed by atoms with Crippen molar-refractivity contribution in [2.24, 2.45) is 12.8 Å². The molecule has 2 amide bonds. The maximum Gasteiger partial charge on any atom is 0.419 e. The maximum absolute atomic E-state index is 11.4. The van der Waals surface area contributed by atoms with Crippen molar-refractivity contribution in [1.29, 1.82) is 0 Å². The number of nitrogens with one attached hydrogen (secondary N) is 1. The van der Waals surface area contributed by atoms with Crippen LogP contribution < -0.4 is 16.8 Å². The predicted octanol–water partition coefficient (Wildman–Crippen LogP) is 1.08. The molecule has 0 bridgehead atoms. The van der Waals surface area contributed by atoms with Crippen molar-refractivity contribution in [2.75, 3.05) is 6.54 Å². The first-order chi connectivity index (χ1) is 8.81. The van der Waals surface area contributed by atoms with E-state index in [0.717, 1.165) is 11.1 Å². The number of amides is 2. The lowest BCUT2D eigenvalue weighted by Gasteiger charge is -2.25. The Morgan fingerprint density at radius 1 is 1.47 bits per heavy atom. The summed E-state index contributed by atoms with van der Waals surface area (Å²) in [7, 11) is 1.66. The molecule has 0 radical (unpaired) electrons. The highest BCUT2D eigenvalue weighted by Gasteiger charge is 2.22. The summed E-state index contributed by atoms with van der Waals surface area (Å²) in [6, 6.07) is 4.99. The van der Waals surface area contributed by atoms with Crippen LogP contribution in [0.5, 0.6) is 0 Å². The summed E-state index contributed by atoms with van der Waals surface area (Å²) >= 11 is 0. The monoisotopic (exact) mass is 263 g/mol. The van der Waals surface area contributed by atoms with Crippen LogP contribution in [0.3, 0.4) is 0 Å². The van der Waals surface area contributed by atoms with E-state index in [1.807, 2.05) is 26.0 Å². The molecular weight excluding hydrogens is 246 g/mol. The van der Waals surface area contributed by atoms with E-state index >= 15 is 0 Å². The summed E-state index contributed by atoms with van der Waals surface area (Å²) in [6.45, 7) is 4.39. The Bertz CT molecular complexity index is 682. The molecule has 3 N–H and O–H groups in total. The molecule has 6 nitrogen and oxygen atoms in total. The smallest absolute Gasteiger partial charge is 0.408 e. The van der Waals surface area contributed by atoms with Gasteiger partial charge in [0, 0.05) is 19.0 Å². The Morgan fingerprint density at radius 2 is 2.16 bits per heavy atom. The zero-order valence-electron chi connectivity index (χ0n) is 11.2. The molecule has 0 aliphatic carbocycles. The molecule has 0 aliphatic heterocycles. The number of aryl methyl sites for hydroxylation is 1. The Labute approximate surface area is 110 Å². The number of nitrogens with two attached hydrogens (primary N) is 1. The molecule has 0 saturated heterocycles. The highest BCUT2D eigenvalue weighted by atomic mass is 16.4. The molecule has 19 heavy (non-hydrogen) atoms. The first-order valence-electron chi connectivity index (χ1n) is 5.94. The van der Waals surface area contributed by atoms with Gasteiger partial charge in [-0.15, -0.1) is 0 Å². The van der Waals surface area contributed by atoms with Crippen LogP contribution in [0.15, 0.2) is 27.4 Å². The van der Waals surface area contributed by atoms with E-state index in [-0.39, 0.29) is 11.2 Å². The second-order valence-electron chi connectivity index (χ2n) is 5.21. The fourth-order valence-electron chi connectivity index (χ4n) is 1.96. The predicted molar refractivity (Wildman–Crippen MR) is 72.1 cm³/mol. The molecule has 0 fully saturated rings. The Kier molecular flexibility index (Phi) is 3.09. The quantitative estimate of drug-likeness (QED) is 0.868. The lowest BCUT2D eigenvalue weighted by atomic mass is 9.84. The number of nitrogens with zero attached hydrogens (tertiary/aromatic N) is 1. The van der Waals surface area contributed by atoms with Crippen molar-refractivity contribution in [3.8, 4) is 0 Å². The summed E-state index contributed by atoms with van der Waals surface area (Å²) in [5.41, 5.74) is 7.06. The molecule has 1 aromatic heterocycles. The maximum atomic E-state index is 11.4. The van der Waals surface area contributed by atoms with Crippen LogP contribution >= 0.6 is 0 Å². The first-order valence-corrected chi connectivity index (χ1v) is 5.94. The van der Waals surface area contributed by atoms with Crippen molar-refractivity contribution < 1.29 is 9.21 Å². The van der Waals surface area contributed by atoms with E-state index in [4.69, 9.17) is 10.2 Å². The molecule has 0 atom stereocenters. The molecule has 2 rings (SSSR count). The van der Waals surface area contributed by atoms with Crippen LogP contribution in [-0.2, 0) is 12.5 Å². The molecule has 0 spiro atoms. The van der Waals surface area contributed by atoms with Crippen LogP contribution in [0.1, 0.15) is 19.4 Å². The van der Waals surface area contributed by atoms with E-state index in [1.165, 1.54) is 4.57 Å². The summed E-state index contributed by atoms with van der Waals surface area (Å²) in [4.78, 5) is 22.2. The lowest BCUT2D eigenvalue weighted by molar-refractivity contribution is 0.246. The largest absolute Gasteiger partial charge is 0.419 e. The van der Waals surface area contributed by atoms with Crippen molar-refractivity contribution in [3.05, 3.63) is 34.3 Å². The normalized spacial score (nSPS) is 11.7. The number of benzene rings is 1. The zero-order valence-corrected chi connectivity index (χ0v) is 11.2. The molecule has 1 heterocycles. The van der Waals surface area contributed by atoms with Gasteiger partial charge in [-0.3, -0.25) is 4.57 Å². The standard InChI is InChI=1S/C13H17N3O3/c1-13(2,7-15-11(14)17)8-4-5-10-9(6-8)16(3)12(18)19-10/h4-6H,7H2,1-3H3,(H3,14,15,17). The van der Waals surface area contributed by atoms with E-state index in [0.29, 0.717) is 12.1 Å². The highest BCUT2D eigenvalue weighted by molar-refractivity contribution is 5.74. The summed E-state index contributed by atoms with van der Waals surface area (Å²) in [5, 5.41) is 2.60. The Morgan fingerprint density at radius 3 is 2.79 bits per heavy atom. The third-order valence-corrected chi connectivity index (χ3v) is 3.28. The number of hydrogen-bond donors (Lipinski definition) is 2. The van der Waals surface area contributed by atoms with E-state index in [1.54, 1.807) is 13.1 Å². The average molecular weight is 263 g/mol. The van der Waals surface area contributed by atoms with Crippen LogP contribution in [0.4, 0.5) is 4.79 Å². The Balaban J connectivity index is 2.42. The Hall–Kier alpha value is -2.24. The number of carbonyl (C=O) groups is 1. The highest BCUT2D eigenvalue weighted by Crippen LogP contribution is 2.25. The van der Waals surface area contributed by atoms with Gasteiger partial charge in [-0.05, 0) is 17.7 Å². The van der Waals surface area contributed by atoms with E-state index < -0.39 is 6.03 Å². The SMILES string of the molecule is Cn1c(=O)oc2ccc(C(C)(C)CNC(N)=O)cc21. The summed E-state index contributed by atoms with van der Waals surface area (Å²) in [5.74, 6) is -0.389. The average Bonchev–Trinajstić information content (AvgIpc) is 2.63. The zero-order chi connectivity index (χ0) is 14.2. The van der Waals surface area contributed by atoms with Gasteiger partial charge in [0.2, 0.25) is 0 Å². The molecule has 1 aromatic carbocycles. The second-order valence-corrected chi connectivity index (χ2v) is 5.21. The molecule has 0 saturated carbocycles. The lowest BCUT2D eigenvalue weighted by Crippen LogP contribution is -2.39. The van der Waals surface area contributed by atoms with Gasteiger partial charge < -0.3 is 15.5 Å². The van der Waals surface area contributed by atoms with Gasteiger partial charge in [0.05, 0.1) is 5.52 Å². The van der Waals surface area contributed by atoms with Crippen LogP contribution in [-0.4, -0.2) is 17.1 Å². The van der Waals surface area contributed by atoms with Gasteiger partial charge >= 0.3 is 11.8 Å². The van der Waals surface area contributed by atoms with Crippen LogP contribution in [0, 0.1) is 0 Å². The number of aromatic nitrogens is 1. The van der Waals surface area contributed by atoms with Crippen LogP contribution in [0.2, 0.25) is 0 Å². The molecule has 2 aromatic rings. The number of urea groups is 1. The molecule has 102 valence electrons. The second kappa shape index (κ2) is 4.46. The van der Waals surface area contributed by atoms with Crippen molar-refractivity contribution in [2.45, 2.75) is 19.3 Å². The molecular formula is C13H17N3O3.